The van der Waals surface area contributed by atoms with Crippen molar-refractivity contribution in [2.75, 3.05) is 5.32 Å². The van der Waals surface area contributed by atoms with Crippen molar-refractivity contribution in [1.29, 1.82) is 0 Å². The Morgan fingerprint density at radius 2 is 2.04 bits per heavy atom. The van der Waals surface area contributed by atoms with Crippen LogP contribution in [0, 0.1) is 0 Å². The highest BCUT2D eigenvalue weighted by atomic mass is 35.5. The number of imidazole rings is 1. The molecule has 0 bridgehead atoms. The number of hydrogen-bond acceptors (Lipinski definition) is 4. The Labute approximate surface area is 165 Å². The molecular formula is C20H16ClN3O2S. The fourth-order valence-electron chi connectivity index (χ4n) is 2.72. The normalized spacial score (nSPS) is 12.1. The predicted octanol–water partition coefficient (Wildman–Crippen LogP) is 5.12. The molecule has 2 heterocycles. The Morgan fingerprint density at radius 1 is 1.22 bits per heavy atom. The van der Waals surface area contributed by atoms with Crippen LogP contribution < -0.4 is 10.1 Å². The summed E-state index contributed by atoms with van der Waals surface area (Å²) in [6.07, 6.45) is 1.19. The Balaban J connectivity index is 1.61. The van der Waals surface area contributed by atoms with Crippen LogP contribution in [-0.4, -0.2) is 21.4 Å². The van der Waals surface area contributed by atoms with Crippen molar-refractivity contribution in [2.45, 2.75) is 13.0 Å². The molecule has 1 unspecified atom stereocenters. The van der Waals surface area contributed by atoms with E-state index in [9.17, 15) is 4.79 Å². The maximum Gasteiger partial charge on any atom is 0.266 e. The lowest BCUT2D eigenvalue weighted by Gasteiger charge is -2.15. The molecule has 0 fully saturated rings. The van der Waals surface area contributed by atoms with E-state index in [1.807, 2.05) is 46.3 Å². The maximum absolute atomic E-state index is 12.7. The van der Waals surface area contributed by atoms with Gasteiger partial charge in [0.1, 0.15) is 17.3 Å². The Hall–Kier alpha value is -2.83. The number of fused-ring (bicyclic) bond motifs is 1. The molecule has 0 saturated heterocycles. The van der Waals surface area contributed by atoms with E-state index in [0.29, 0.717) is 16.6 Å². The summed E-state index contributed by atoms with van der Waals surface area (Å²) in [5.41, 5.74) is 1.66. The van der Waals surface area contributed by atoms with Gasteiger partial charge in [0, 0.05) is 22.2 Å². The van der Waals surface area contributed by atoms with Crippen LogP contribution in [0.5, 0.6) is 5.75 Å². The van der Waals surface area contributed by atoms with E-state index in [-0.39, 0.29) is 5.91 Å². The number of carbonyl (C=O) groups is 1. The van der Waals surface area contributed by atoms with Crippen molar-refractivity contribution in [1.82, 2.24) is 9.38 Å². The van der Waals surface area contributed by atoms with Crippen molar-refractivity contribution in [3.05, 3.63) is 71.2 Å². The van der Waals surface area contributed by atoms with Crippen molar-refractivity contribution < 1.29 is 9.53 Å². The zero-order valence-corrected chi connectivity index (χ0v) is 16.0. The number of nitrogens with zero attached hydrogens (tertiary/aromatic N) is 2. The second-order valence-electron chi connectivity index (χ2n) is 5.94. The van der Waals surface area contributed by atoms with Crippen LogP contribution in [0.1, 0.15) is 6.92 Å². The third-order valence-corrected chi connectivity index (χ3v) is 5.02. The van der Waals surface area contributed by atoms with Crippen LogP contribution in [0.25, 0.3) is 16.2 Å². The van der Waals surface area contributed by atoms with Gasteiger partial charge in [0.15, 0.2) is 11.1 Å². The molecule has 0 aliphatic carbocycles. The first-order chi connectivity index (χ1) is 13.1. The van der Waals surface area contributed by atoms with Crippen LogP contribution in [0.2, 0.25) is 5.02 Å². The fraction of sp³-hybridized carbons (Fsp3) is 0.100. The molecule has 4 aromatic rings. The molecule has 1 atom stereocenters. The average Bonchev–Trinajstić information content (AvgIpc) is 3.25. The van der Waals surface area contributed by atoms with Gasteiger partial charge in [0.25, 0.3) is 5.91 Å². The zero-order valence-electron chi connectivity index (χ0n) is 14.4. The number of hydrogen-bond donors (Lipinski definition) is 1. The van der Waals surface area contributed by atoms with E-state index < -0.39 is 6.10 Å². The molecule has 7 heteroatoms. The molecule has 5 nitrogen and oxygen atoms in total. The number of thiazole rings is 1. The highest BCUT2D eigenvalue weighted by molar-refractivity contribution is 7.15. The van der Waals surface area contributed by atoms with E-state index >= 15 is 0 Å². The fourth-order valence-corrected chi connectivity index (χ4v) is 3.61. The van der Waals surface area contributed by atoms with Crippen molar-refractivity contribution in [3.8, 4) is 17.0 Å². The van der Waals surface area contributed by atoms with Crippen LogP contribution in [-0.2, 0) is 4.79 Å². The van der Waals surface area contributed by atoms with Gasteiger partial charge >= 0.3 is 0 Å². The highest BCUT2D eigenvalue weighted by Gasteiger charge is 2.21. The van der Waals surface area contributed by atoms with Gasteiger partial charge in [0.2, 0.25) is 0 Å². The zero-order chi connectivity index (χ0) is 18.8. The number of anilines is 1. The summed E-state index contributed by atoms with van der Waals surface area (Å²) in [6.45, 7) is 1.70. The number of rotatable bonds is 5. The summed E-state index contributed by atoms with van der Waals surface area (Å²) in [4.78, 5) is 18.2. The second-order valence-corrected chi connectivity index (χ2v) is 7.25. The first-order valence-electron chi connectivity index (χ1n) is 8.36. The SMILES string of the molecule is CC(Oc1cccc(Cl)c1)C(=O)Nc1c(-c2ccccc2)nc2sccn12. The quantitative estimate of drug-likeness (QED) is 0.508. The lowest BCUT2D eigenvalue weighted by Crippen LogP contribution is -2.30. The first-order valence-corrected chi connectivity index (χ1v) is 9.61. The molecular weight excluding hydrogens is 382 g/mol. The lowest BCUT2D eigenvalue weighted by atomic mass is 10.1. The van der Waals surface area contributed by atoms with Gasteiger partial charge in [-0.25, -0.2) is 4.98 Å². The molecule has 0 aliphatic heterocycles. The number of halogens is 1. The maximum atomic E-state index is 12.7. The standard InChI is InChI=1S/C20H16ClN3O2S/c1-13(26-16-9-5-8-15(21)12-16)19(25)23-18-17(14-6-3-2-4-7-14)22-20-24(18)10-11-27-20/h2-13H,1H3,(H,23,25). The van der Waals surface area contributed by atoms with Gasteiger partial charge in [-0.15, -0.1) is 11.3 Å². The summed E-state index contributed by atoms with van der Waals surface area (Å²) < 4.78 is 7.59. The molecule has 2 aromatic carbocycles. The summed E-state index contributed by atoms with van der Waals surface area (Å²) in [7, 11) is 0. The lowest BCUT2D eigenvalue weighted by molar-refractivity contribution is -0.122. The summed E-state index contributed by atoms with van der Waals surface area (Å²) in [5.74, 6) is 0.909. The number of carbonyl (C=O) groups excluding carboxylic acids is 1. The largest absolute Gasteiger partial charge is 0.481 e. The second kappa shape index (κ2) is 7.42. The highest BCUT2D eigenvalue weighted by Crippen LogP contribution is 2.30. The van der Waals surface area contributed by atoms with Crippen molar-refractivity contribution in [2.24, 2.45) is 0 Å². The molecule has 136 valence electrons. The van der Waals surface area contributed by atoms with Crippen LogP contribution in [0.3, 0.4) is 0 Å². The van der Waals surface area contributed by atoms with E-state index in [4.69, 9.17) is 16.3 Å². The van der Waals surface area contributed by atoms with E-state index in [1.54, 1.807) is 31.2 Å². The minimum absolute atomic E-state index is 0.264. The average molecular weight is 398 g/mol. The monoisotopic (exact) mass is 397 g/mol. The molecule has 0 saturated carbocycles. The number of amides is 1. The Bertz CT molecular complexity index is 1090. The van der Waals surface area contributed by atoms with Gasteiger partial charge in [-0.1, -0.05) is 48.0 Å². The van der Waals surface area contributed by atoms with E-state index in [0.717, 1.165) is 16.2 Å². The Morgan fingerprint density at radius 3 is 2.81 bits per heavy atom. The van der Waals surface area contributed by atoms with Gasteiger partial charge < -0.3 is 10.1 Å². The van der Waals surface area contributed by atoms with Gasteiger partial charge in [-0.05, 0) is 25.1 Å². The van der Waals surface area contributed by atoms with E-state index in [2.05, 4.69) is 10.3 Å². The number of ether oxygens (including phenoxy) is 1. The van der Waals surface area contributed by atoms with Crippen LogP contribution in [0.15, 0.2) is 66.2 Å². The molecule has 27 heavy (non-hydrogen) atoms. The van der Waals surface area contributed by atoms with Crippen molar-refractivity contribution in [3.63, 3.8) is 0 Å². The minimum atomic E-state index is -0.698. The first kappa shape index (κ1) is 17.6. The number of nitrogens with one attached hydrogen (secondary N) is 1. The number of aromatic nitrogens is 2. The molecule has 0 spiro atoms. The molecule has 2 aromatic heterocycles. The van der Waals surface area contributed by atoms with Gasteiger partial charge in [-0.3, -0.25) is 9.20 Å². The predicted molar refractivity (Wildman–Crippen MR) is 109 cm³/mol. The van der Waals surface area contributed by atoms with Crippen LogP contribution >= 0.6 is 22.9 Å². The molecule has 4 rings (SSSR count). The topological polar surface area (TPSA) is 55.6 Å². The molecule has 0 aliphatic rings. The van der Waals surface area contributed by atoms with E-state index in [1.165, 1.54) is 11.3 Å². The number of benzene rings is 2. The third kappa shape index (κ3) is 3.67. The third-order valence-electron chi connectivity index (χ3n) is 4.03. The molecule has 0 radical (unpaired) electrons. The van der Waals surface area contributed by atoms with Gasteiger partial charge in [0.05, 0.1) is 0 Å². The smallest absolute Gasteiger partial charge is 0.266 e. The van der Waals surface area contributed by atoms with Crippen LogP contribution in [0.4, 0.5) is 5.82 Å². The minimum Gasteiger partial charge on any atom is -0.481 e. The molecule has 1 amide bonds. The summed E-state index contributed by atoms with van der Waals surface area (Å²) in [6, 6.07) is 16.7. The Kier molecular flexibility index (Phi) is 4.83. The van der Waals surface area contributed by atoms with Crippen molar-refractivity contribution >= 4 is 39.6 Å². The van der Waals surface area contributed by atoms with Gasteiger partial charge in [-0.2, -0.15) is 0 Å². The molecule has 1 N–H and O–H groups in total. The summed E-state index contributed by atoms with van der Waals surface area (Å²) >= 11 is 7.48. The summed E-state index contributed by atoms with van der Waals surface area (Å²) in [5, 5.41) is 5.45.